The number of halogens is 1. The Hall–Kier alpha value is -1.38. The van der Waals surface area contributed by atoms with E-state index in [-0.39, 0.29) is 12.4 Å². The summed E-state index contributed by atoms with van der Waals surface area (Å²) in [5.74, 6) is -0.309. The Balaban J connectivity index is 2.39. The predicted octanol–water partition coefficient (Wildman–Crippen LogP) is 4.42. The number of nitriles is 1. The Bertz CT molecular complexity index is 707. The van der Waals surface area contributed by atoms with Crippen LogP contribution in [0.1, 0.15) is 31.2 Å². The van der Waals surface area contributed by atoms with E-state index in [0.717, 1.165) is 19.4 Å². The summed E-state index contributed by atoms with van der Waals surface area (Å²) in [4.78, 5) is 12.7. The van der Waals surface area contributed by atoms with Crippen molar-refractivity contribution in [2.45, 2.75) is 32.8 Å². The molecule has 0 aliphatic carbocycles. The number of hydrogen-bond donors (Lipinski definition) is 0. The topological polar surface area (TPSA) is 50.1 Å². The molecular formula is C15H14BrNO2S. The van der Waals surface area contributed by atoms with Crippen LogP contribution >= 0.6 is 27.3 Å². The number of nitrogens with zero attached hydrogens (tertiary/aromatic N) is 1. The first kappa shape index (κ1) is 15.0. The minimum atomic E-state index is -0.513. The first-order valence-corrected chi connectivity index (χ1v) is 7.74. The van der Waals surface area contributed by atoms with Crippen molar-refractivity contribution in [2.24, 2.45) is 0 Å². The van der Waals surface area contributed by atoms with Crippen molar-refractivity contribution in [3.63, 3.8) is 0 Å². The molecule has 0 radical (unpaired) electrons. The van der Waals surface area contributed by atoms with Crippen molar-refractivity contribution in [2.75, 3.05) is 0 Å². The summed E-state index contributed by atoms with van der Waals surface area (Å²) in [6, 6.07) is 7.96. The number of benzene rings is 1. The molecule has 0 unspecified atom stereocenters. The molecule has 5 heteroatoms. The van der Waals surface area contributed by atoms with E-state index in [1.807, 2.05) is 39.0 Å². The minimum Gasteiger partial charge on any atom is -0.460 e. The lowest BCUT2D eigenvalue weighted by Gasteiger charge is -2.19. The Kier molecular flexibility index (Phi) is 4.17. The number of hydrogen-bond acceptors (Lipinski definition) is 4. The first-order chi connectivity index (χ1) is 9.31. The van der Waals surface area contributed by atoms with Crippen LogP contribution in [0.4, 0.5) is 0 Å². The second-order valence-electron chi connectivity index (χ2n) is 5.39. The molecule has 0 spiro atoms. The maximum absolute atomic E-state index is 11.9. The van der Waals surface area contributed by atoms with E-state index in [1.54, 1.807) is 0 Å². The van der Waals surface area contributed by atoms with E-state index >= 15 is 0 Å². The van der Waals surface area contributed by atoms with Crippen LogP contribution < -0.4 is 0 Å². The van der Waals surface area contributed by atoms with Crippen molar-refractivity contribution in [1.29, 1.82) is 5.26 Å². The molecule has 104 valence electrons. The quantitative estimate of drug-likeness (QED) is 0.752. The summed E-state index contributed by atoms with van der Waals surface area (Å²) in [5, 5.41) is 10.2. The van der Waals surface area contributed by atoms with Crippen LogP contribution in [0.3, 0.4) is 0 Å². The van der Waals surface area contributed by atoms with Crippen LogP contribution in [0, 0.1) is 11.3 Å². The zero-order chi connectivity index (χ0) is 14.9. The fraction of sp³-hybridized carbons (Fsp3) is 0.333. The maximum Gasteiger partial charge on any atom is 0.311 e. The van der Waals surface area contributed by atoms with Crippen LogP contribution in [0.5, 0.6) is 0 Å². The van der Waals surface area contributed by atoms with Crippen LogP contribution in [-0.2, 0) is 16.0 Å². The fourth-order valence-electron chi connectivity index (χ4n) is 1.91. The highest BCUT2D eigenvalue weighted by Crippen LogP contribution is 2.36. The molecule has 0 bridgehead atoms. The molecule has 2 aromatic rings. The summed E-state index contributed by atoms with van der Waals surface area (Å²) in [6.45, 7) is 5.49. The molecule has 0 N–H and O–H groups in total. The minimum absolute atomic E-state index is 0.131. The molecule has 0 amide bonds. The zero-order valence-corrected chi connectivity index (χ0v) is 13.9. The van der Waals surface area contributed by atoms with E-state index < -0.39 is 5.60 Å². The first-order valence-electron chi connectivity index (χ1n) is 6.13. The molecule has 0 aliphatic heterocycles. The van der Waals surface area contributed by atoms with Crippen LogP contribution in [0.25, 0.3) is 10.1 Å². The molecule has 0 saturated carbocycles. The molecule has 1 aromatic carbocycles. The highest BCUT2D eigenvalue weighted by molar-refractivity contribution is 9.10. The van der Waals surface area contributed by atoms with Gasteiger partial charge in [0.05, 0.1) is 12.0 Å². The molecule has 3 nitrogen and oxygen atoms in total. The SMILES string of the molecule is CC(C)(C)OC(=O)Cc1sc2cccc(Br)c2c1C#N. The number of carbonyl (C=O) groups is 1. The van der Waals surface area contributed by atoms with E-state index in [2.05, 4.69) is 22.0 Å². The van der Waals surface area contributed by atoms with Gasteiger partial charge in [0, 0.05) is 19.4 Å². The molecule has 0 saturated heterocycles. The lowest BCUT2D eigenvalue weighted by Crippen LogP contribution is -2.24. The van der Waals surface area contributed by atoms with E-state index in [4.69, 9.17) is 4.74 Å². The second-order valence-corrected chi connectivity index (χ2v) is 7.38. The number of ether oxygens (including phenoxy) is 1. The molecule has 20 heavy (non-hydrogen) atoms. The highest BCUT2D eigenvalue weighted by atomic mass is 79.9. The average Bonchev–Trinajstić information content (AvgIpc) is 2.64. The third-order valence-electron chi connectivity index (χ3n) is 2.57. The van der Waals surface area contributed by atoms with Crippen molar-refractivity contribution in [1.82, 2.24) is 0 Å². The summed E-state index contributed by atoms with van der Waals surface area (Å²) in [5.41, 5.74) is 0.0459. The molecule has 0 aliphatic rings. The largest absolute Gasteiger partial charge is 0.460 e. The van der Waals surface area contributed by atoms with Gasteiger partial charge in [-0.1, -0.05) is 22.0 Å². The van der Waals surface area contributed by atoms with E-state index in [1.165, 1.54) is 11.3 Å². The summed E-state index contributed by atoms with van der Waals surface area (Å²) in [6.07, 6.45) is 0.131. The zero-order valence-electron chi connectivity index (χ0n) is 11.5. The number of rotatable bonds is 2. The fourth-order valence-corrected chi connectivity index (χ4v) is 3.77. The van der Waals surface area contributed by atoms with Gasteiger partial charge in [0.2, 0.25) is 0 Å². The van der Waals surface area contributed by atoms with Crippen molar-refractivity contribution >= 4 is 43.3 Å². The second kappa shape index (κ2) is 5.55. The number of carbonyl (C=O) groups excluding carboxylic acids is 1. The van der Waals surface area contributed by atoms with Gasteiger partial charge in [-0.2, -0.15) is 5.26 Å². The van der Waals surface area contributed by atoms with Gasteiger partial charge in [0.15, 0.2) is 0 Å². The van der Waals surface area contributed by atoms with Crippen LogP contribution in [0.2, 0.25) is 0 Å². The summed E-state index contributed by atoms with van der Waals surface area (Å²) >= 11 is 4.92. The molecule has 0 atom stereocenters. The summed E-state index contributed by atoms with van der Waals surface area (Å²) < 4.78 is 7.18. The molecule has 1 heterocycles. The Labute approximate surface area is 130 Å². The third-order valence-corrected chi connectivity index (χ3v) is 4.39. The van der Waals surface area contributed by atoms with Crippen LogP contribution in [0.15, 0.2) is 22.7 Å². The summed E-state index contributed by atoms with van der Waals surface area (Å²) in [7, 11) is 0. The third kappa shape index (κ3) is 3.20. The lowest BCUT2D eigenvalue weighted by molar-refractivity contribution is -0.153. The van der Waals surface area contributed by atoms with Gasteiger partial charge >= 0.3 is 5.97 Å². The number of fused-ring (bicyclic) bond motifs is 1. The van der Waals surface area contributed by atoms with Gasteiger partial charge in [0.1, 0.15) is 11.7 Å². The van der Waals surface area contributed by atoms with Gasteiger partial charge in [0.25, 0.3) is 0 Å². The van der Waals surface area contributed by atoms with Gasteiger partial charge in [-0.3, -0.25) is 4.79 Å². The van der Waals surface area contributed by atoms with E-state index in [0.29, 0.717) is 5.56 Å². The van der Waals surface area contributed by atoms with E-state index in [9.17, 15) is 10.1 Å². The Morgan fingerprint density at radius 2 is 2.15 bits per heavy atom. The number of esters is 1. The van der Waals surface area contributed by atoms with Gasteiger partial charge in [-0.15, -0.1) is 11.3 Å². The Morgan fingerprint density at radius 1 is 1.45 bits per heavy atom. The highest BCUT2D eigenvalue weighted by Gasteiger charge is 2.21. The predicted molar refractivity (Wildman–Crippen MR) is 83.8 cm³/mol. The molecule has 1 aromatic heterocycles. The van der Waals surface area contributed by atoms with Crippen molar-refractivity contribution in [3.05, 3.63) is 33.1 Å². The van der Waals surface area contributed by atoms with Crippen LogP contribution in [-0.4, -0.2) is 11.6 Å². The Morgan fingerprint density at radius 3 is 2.75 bits per heavy atom. The van der Waals surface area contributed by atoms with Gasteiger partial charge in [-0.25, -0.2) is 0 Å². The molecule has 0 fully saturated rings. The normalized spacial score (nSPS) is 11.3. The standard InChI is InChI=1S/C15H14BrNO2S/c1-15(2,3)19-13(18)7-12-9(8-17)14-10(16)5-4-6-11(14)20-12/h4-6H,7H2,1-3H3. The molecule has 2 rings (SSSR count). The monoisotopic (exact) mass is 351 g/mol. The van der Waals surface area contributed by atoms with Crippen molar-refractivity contribution < 1.29 is 9.53 Å². The molecular weight excluding hydrogens is 338 g/mol. The lowest BCUT2D eigenvalue weighted by atomic mass is 10.1. The van der Waals surface area contributed by atoms with Gasteiger partial charge < -0.3 is 4.74 Å². The average molecular weight is 352 g/mol. The van der Waals surface area contributed by atoms with Gasteiger partial charge in [-0.05, 0) is 32.9 Å². The maximum atomic E-state index is 11.9. The van der Waals surface area contributed by atoms with Crippen molar-refractivity contribution in [3.8, 4) is 6.07 Å². The number of thiophene rings is 1. The smallest absolute Gasteiger partial charge is 0.311 e.